The lowest BCUT2D eigenvalue weighted by molar-refractivity contribution is -0.343. The molecule has 15 nitrogen and oxygen atoms in total. The fourth-order valence-corrected chi connectivity index (χ4v) is 11.0. The van der Waals surface area contributed by atoms with Gasteiger partial charge in [-0.3, -0.25) is 4.79 Å². The number of ether oxygens (including phenoxy) is 10. The average molecular weight is 891 g/mol. The van der Waals surface area contributed by atoms with E-state index in [2.05, 4.69) is 26.8 Å². The number of rotatable bonds is 9. The molecule has 6 heterocycles. The molecule has 20 atom stereocenters. The standard InChI is InChI=1S/C48H74O15/c1-10-25(2)43-31(23-49)16-17-47(63-43)22-34-19-33(62-47)15-14-27(4)42(26(3)12-11-13-32-24-56-45-40(50)28(5)18-35(46(52)59-34)48(32,45)53)60-39-21-37(55-9)44(30(7)58-39)61-38-20-36(54-8)41(51)29(6)57-38/h11-14,18,25-26,29-31,33-45,49-51,53H,10,15-17,19-24H2,1-9H3/b12-11+,27-14+,32-13+/t25?,26-,29?,30?,31-,33?,34-,35-,36?,37?,38?,39?,40+,41?,42-,43+,44?,45+,47+,48+/m0/s1. The van der Waals surface area contributed by atoms with Gasteiger partial charge >= 0.3 is 5.97 Å². The van der Waals surface area contributed by atoms with E-state index in [0.717, 1.165) is 12.0 Å². The Morgan fingerprint density at radius 3 is 2.37 bits per heavy atom. The van der Waals surface area contributed by atoms with Crippen molar-refractivity contribution < 1.29 is 72.6 Å². The maximum absolute atomic E-state index is 14.4. The van der Waals surface area contributed by atoms with Crippen molar-refractivity contribution in [1.29, 1.82) is 0 Å². The van der Waals surface area contributed by atoms with E-state index >= 15 is 0 Å². The Kier molecular flexibility index (Phi) is 15.8. The molecule has 7 aliphatic rings. The molecule has 0 radical (unpaired) electrons. The van der Waals surface area contributed by atoms with Crippen LogP contribution in [0.25, 0.3) is 0 Å². The minimum absolute atomic E-state index is 0.0100. The molecule has 15 heteroatoms. The van der Waals surface area contributed by atoms with E-state index in [4.69, 9.17) is 47.4 Å². The summed E-state index contributed by atoms with van der Waals surface area (Å²) in [6, 6.07) is 0. The zero-order valence-corrected chi connectivity index (χ0v) is 38.6. The van der Waals surface area contributed by atoms with Gasteiger partial charge in [-0.15, -0.1) is 0 Å². The monoisotopic (exact) mass is 891 g/mol. The Bertz CT molecular complexity index is 1700. The minimum Gasteiger partial charge on any atom is -0.462 e. The third kappa shape index (κ3) is 10.1. The van der Waals surface area contributed by atoms with Gasteiger partial charge in [0.2, 0.25) is 0 Å². The first-order valence-corrected chi connectivity index (χ1v) is 23.3. The van der Waals surface area contributed by atoms with Crippen LogP contribution in [0.4, 0.5) is 0 Å². The zero-order valence-electron chi connectivity index (χ0n) is 38.6. The molecule has 0 aromatic rings. The Hall–Kier alpha value is -2.09. The molecular weight excluding hydrogens is 817 g/mol. The average Bonchev–Trinajstić information content (AvgIpc) is 3.60. The van der Waals surface area contributed by atoms with E-state index in [1.54, 1.807) is 40.2 Å². The van der Waals surface area contributed by atoms with E-state index in [9.17, 15) is 25.2 Å². The second kappa shape index (κ2) is 20.4. The maximum atomic E-state index is 14.4. The van der Waals surface area contributed by atoms with Crippen molar-refractivity contribution in [2.24, 2.45) is 23.7 Å². The summed E-state index contributed by atoms with van der Waals surface area (Å²) in [5, 5.41) is 44.6. The van der Waals surface area contributed by atoms with Crippen LogP contribution in [0.15, 0.2) is 47.1 Å². The Balaban J connectivity index is 1.18. The van der Waals surface area contributed by atoms with E-state index in [-0.39, 0.29) is 37.1 Å². The first-order valence-electron chi connectivity index (χ1n) is 23.3. The molecule has 1 aliphatic carbocycles. The van der Waals surface area contributed by atoms with Crippen molar-refractivity contribution in [2.45, 2.75) is 197 Å². The predicted octanol–water partition coefficient (Wildman–Crippen LogP) is 4.57. The highest BCUT2D eigenvalue weighted by Crippen LogP contribution is 2.48. The topological polar surface area (TPSA) is 190 Å². The fraction of sp³-hybridized carbons (Fsp3) is 0.812. The highest BCUT2D eigenvalue weighted by molar-refractivity contribution is 5.78. The van der Waals surface area contributed by atoms with Crippen LogP contribution in [0.2, 0.25) is 0 Å². The van der Waals surface area contributed by atoms with Crippen molar-refractivity contribution >= 4 is 5.97 Å². The van der Waals surface area contributed by atoms with Crippen LogP contribution in [-0.4, -0.2) is 151 Å². The number of fused-ring (bicyclic) bond motifs is 2. The number of aliphatic hydroxyl groups is 4. The van der Waals surface area contributed by atoms with Crippen LogP contribution >= 0.6 is 0 Å². The molecule has 0 amide bonds. The van der Waals surface area contributed by atoms with Gasteiger partial charge in [-0.1, -0.05) is 57.6 Å². The van der Waals surface area contributed by atoms with Gasteiger partial charge in [0, 0.05) is 64.8 Å². The van der Waals surface area contributed by atoms with Gasteiger partial charge < -0.3 is 67.8 Å². The summed E-state index contributed by atoms with van der Waals surface area (Å²) in [4.78, 5) is 14.4. The van der Waals surface area contributed by atoms with Crippen molar-refractivity contribution in [3.05, 3.63) is 47.1 Å². The predicted molar refractivity (Wildman–Crippen MR) is 229 cm³/mol. The van der Waals surface area contributed by atoms with E-state index < -0.39 is 103 Å². The van der Waals surface area contributed by atoms with Gasteiger partial charge in [-0.25, -0.2) is 0 Å². The van der Waals surface area contributed by atoms with Gasteiger partial charge in [0.25, 0.3) is 0 Å². The molecule has 63 heavy (non-hydrogen) atoms. The molecule has 0 saturated carbocycles. The molecule has 6 aliphatic heterocycles. The normalized spacial score (nSPS) is 48.8. The first-order chi connectivity index (χ1) is 30.0. The van der Waals surface area contributed by atoms with Gasteiger partial charge in [-0.05, 0) is 63.2 Å². The Labute approximate surface area is 373 Å². The second-order valence-corrected chi connectivity index (χ2v) is 19.3. The molecular formula is C48H74O15. The summed E-state index contributed by atoms with van der Waals surface area (Å²) < 4.78 is 63.7. The zero-order chi connectivity index (χ0) is 45.4. The summed E-state index contributed by atoms with van der Waals surface area (Å²) in [5.41, 5.74) is 0.0840. The number of carbonyl (C=O) groups is 1. The van der Waals surface area contributed by atoms with Gasteiger partial charge in [-0.2, -0.15) is 0 Å². The van der Waals surface area contributed by atoms with Crippen molar-refractivity contribution in [3.63, 3.8) is 0 Å². The van der Waals surface area contributed by atoms with E-state index in [1.807, 2.05) is 26.0 Å². The van der Waals surface area contributed by atoms with E-state index in [1.165, 1.54) is 0 Å². The number of aliphatic hydroxyl groups excluding tert-OH is 3. The lowest BCUT2D eigenvalue weighted by Gasteiger charge is -2.51. The van der Waals surface area contributed by atoms with Gasteiger partial charge in [0.1, 0.15) is 42.0 Å². The highest BCUT2D eigenvalue weighted by Gasteiger charge is 2.60. The third-order valence-electron chi connectivity index (χ3n) is 15.0. The molecule has 5 fully saturated rings. The SMILES string of the molecule is CCC(C)[C@H]1O[C@]2(CC[C@H]1CO)C[C@@H]1CC(C/C=C(\C)[C@@H](OC3CC(OC)C(OC4CC(OC)C(O)C(C)O4)C(C)O3)[C@@H](C)/C=C/C=C3\CO[C@@H]4[C@H](O)C(C)=C[C@@H](C(=O)O1)[C@]34O)O2. The highest BCUT2D eigenvalue weighted by atomic mass is 16.7. The third-order valence-corrected chi connectivity index (χ3v) is 15.0. The number of hydrogen-bond acceptors (Lipinski definition) is 15. The minimum atomic E-state index is -1.85. The molecule has 4 N–H and O–H groups in total. The summed E-state index contributed by atoms with van der Waals surface area (Å²) in [5.74, 6) is -2.85. The lowest BCUT2D eigenvalue weighted by Crippen LogP contribution is -2.58. The van der Waals surface area contributed by atoms with Crippen LogP contribution in [-0.2, 0) is 52.2 Å². The number of esters is 1. The van der Waals surface area contributed by atoms with Crippen LogP contribution in [0, 0.1) is 23.7 Å². The summed E-state index contributed by atoms with van der Waals surface area (Å²) >= 11 is 0. The summed E-state index contributed by atoms with van der Waals surface area (Å²) in [6.07, 6.45) is 5.21. The molecule has 2 bridgehead atoms. The first kappa shape index (κ1) is 48.8. The smallest absolute Gasteiger partial charge is 0.316 e. The molecule has 0 aromatic heterocycles. The molecule has 10 unspecified atom stereocenters. The number of carbonyl (C=O) groups excluding carboxylic acids is 1. The summed E-state index contributed by atoms with van der Waals surface area (Å²) in [7, 11) is 3.21. The molecule has 0 aromatic carbocycles. The number of allylic oxidation sites excluding steroid dienone is 2. The second-order valence-electron chi connectivity index (χ2n) is 19.3. The maximum Gasteiger partial charge on any atom is 0.316 e. The fourth-order valence-electron chi connectivity index (χ4n) is 11.0. The van der Waals surface area contributed by atoms with Crippen LogP contribution in [0.5, 0.6) is 0 Å². The Morgan fingerprint density at radius 2 is 1.65 bits per heavy atom. The lowest BCUT2D eigenvalue weighted by atomic mass is 9.71. The van der Waals surface area contributed by atoms with Crippen molar-refractivity contribution in [3.8, 4) is 0 Å². The quantitative estimate of drug-likeness (QED) is 0.186. The van der Waals surface area contributed by atoms with Crippen LogP contribution in [0.3, 0.4) is 0 Å². The van der Waals surface area contributed by atoms with Crippen molar-refractivity contribution in [1.82, 2.24) is 0 Å². The Morgan fingerprint density at radius 1 is 0.937 bits per heavy atom. The van der Waals surface area contributed by atoms with Crippen LogP contribution < -0.4 is 0 Å². The number of hydrogen-bond donors (Lipinski definition) is 4. The van der Waals surface area contributed by atoms with Gasteiger partial charge in [0.15, 0.2) is 18.4 Å². The largest absolute Gasteiger partial charge is 0.462 e. The molecule has 7 rings (SSSR count). The van der Waals surface area contributed by atoms with E-state index in [0.29, 0.717) is 56.1 Å². The molecule has 356 valence electrons. The van der Waals surface area contributed by atoms with Crippen LogP contribution in [0.1, 0.15) is 99.8 Å². The summed E-state index contributed by atoms with van der Waals surface area (Å²) in [6.45, 7) is 13.8. The van der Waals surface area contributed by atoms with Gasteiger partial charge in [0.05, 0.1) is 49.3 Å². The van der Waals surface area contributed by atoms with Crippen molar-refractivity contribution in [2.75, 3.05) is 27.4 Å². The molecule has 5 saturated heterocycles. The molecule has 1 spiro atoms. The number of methoxy groups -OCH3 is 2.